The Morgan fingerprint density at radius 1 is 1.24 bits per heavy atom. The molecule has 1 rings (SSSR count). The molecule has 94 valence electrons. The van der Waals surface area contributed by atoms with Crippen LogP contribution in [0.15, 0.2) is 24.3 Å². The summed E-state index contributed by atoms with van der Waals surface area (Å²) in [5, 5.41) is 0. The highest BCUT2D eigenvalue weighted by atomic mass is 32.1. The standard InChI is InChI=1S/C11H12F3NOS/c12-11(13,14)5-6-16-7-8-1-3-9(4-2-8)10(15)17/h1-4H,5-7H2,(H2,15,17). The molecule has 0 fully saturated rings. The van der Waals surface area contributed by atoms with Gasteiger partial charge >= 0.3 is 6.18 Å². The van der Waals surface area contributed by atoms with Crippen molar-refractivity contribution in [2.45, 2.75) is 19.2 Å². The molecule has 0 aromatic heterocycles. The highest BCUT2D eigenvalue weighted by Crippen LogP contribution is 2.19. The third kappa shape index (κ3) is 5.65. The van der Waals surface area contributed by atoms with Crippen molar-refractivity contribution in [1.82, 2.24) is 0 Å². The number of hydrogen-bond acceptors (Lipinski definition) is 2. The predicted molar refractivity (Wildman–Crippen MR) is 62.7 cm³/mol. The molecule has 0 aliphatic heterocycles. The Kier molecular flexibility index (Phi) is 4.89. The Labute approximate surface area is 103 Å². The lowest BCUT2D eigenvalue weighted by atomic mass is 10.1. The van der Waals surface area contributed by atoms with Gasteiger partial charge in [0.15, 0.2) is 0 Å². The van der Waals surface area contributed by atoms with Crippen molar-refractivity contribution in [3.05, 3.63) is 35.4 Å². The summed E-state index contributed by atoms with van der Waals surface area (Å²) in [6.45, 7) is -0.186. The number of ether oxygens (including phenoxy) is 1. The second-order valence-electron chi connectivity index (χ2n) is 3.48. The summed E-state index contributed by atoms with van der Waals surface area (Å²) >= 11 is 4.77. The van der Waals surface area contributed by atoms with Gasteiger partial charge in [-0.05, 0) is 5.56 Å². The Balaban J connectivity index is 2.35. The minimum absolute atomic E-state index is 0.147. The molecular weight excluding hydrogens is 251 g/mol. The third-order valence-electron chi connectivity index (χ3n) is 2.04. The Bertz CT molecular complexity index is 375. The van der Waals surface area contributed by atoms with Crippen molar-refractivity contribution >= 4 is 17.2 Å². The van der Waals surface area contributed by atoms with Gasteiger partial charge in [-0.3, -0.25) is 0 Å². The van der Waals surface area contributed by atoms with Gasteiger partial charge in [0.2, 0.25) is 0 Å². The largest absolute Gasteiger partial charge is 0.391 e. The molecule has 0 atom stereocenters. The lowest BCUT2D eigenvalue weighted by Gasteiger charge is -2.07. The van der Waals surface area contributed by atoms with E-state index in [2.05, 4.69) is 0 Å². The average molecular weight is 263 g/mol. The van der Waals surface area contributed by atoms with Gasteiger partial charge in [0.05, 0.1) is 19.6 Å². The monoisotopic (exact) mass is 263 g/mol. The SMILES string of the molecule is NC(=S)c1ccc(COCCC(F)(F)F)cc1. The van der Waals surface area contributed by atoms with Gasteiger partial charge in [-0.15, -0.1) is 0 Å². The van der Waals surface area contributed by atoms with Crippen LogP contribution in [0, 0.1) is 0 Å². The Morgan fingerprint density at radius 3 is 2.29 bits per heavy atom. The molecule has 0 heterocycles. The van der Waals surface area contributed by atoms with Gasteiger partial charge in [-0.25, -0.2) is 0 Å². The molecular formula is C11H12F3NOS. The number of alkyl halides is 3. The number of nitrogens with two attached hydrogens (primary N) is 1. The van der Waals surface area contributed by atoms with Crippen LogP contribution in [0.4, 0.5) is 13.2 Å². The van der Waals surface area contributed by atoms with Crippen molar-refractivity contribution in [3.63, 3.8) is 0 Å². The summed E-state index contributed by atoms with van der Waals surface area (Å²) in [7, 11) is 0. The van der Waals surface area contributed by atoms with Crippen molar-refractivity contribution in [1.29, 1.82) is 0 Å². The lowest BCUT2D eigenvalue weighted by Crippen LogP contribution is -2.11. The van der Waals surface area contributed by atoms with Crippen LogP contribution < -0.4 is 5.73 Å². The fraction of sp³-hybridized carbons (Fsp3) is 0.364. The third-order valence-corrected chi connectivity index (χ3v) is 2.27. The molecule has 6 heteroatoms. The molecule has 1 aromatic carbocycles. The molecule has 0 saturated carbocycles. The van der Waals surface area contributed by atoms with Crippen LogP contribution in [-0.4, -0.2) is 17.8 Å². The van der Waals surface area contributed by atoms with E-state index in [0.717, 1.165) is 11.1 Å². The van der Waals surface area contributed by atoms with Crippen molar-refractivity contribution in [3.8, 4) is 0 Å². The minimum atomic E-state index is -4.17. The van der Waals surface area contributed by atoms with Gasteiger partial charge in [0.1, 0.15) is 4.99 Å². The molecule has 0 unspecified atom stereocenters. The summed E-state index contributed by atoms with van der Waals surface area (Å²) in [4.78, 5) is 0.287. The van der Waals surface area contributed by atoms with E-state index in [4.69, 9.17) is 22.7 Å². The topological polar surface area (TPSA) is 35.2 Å². The van der Waals surface area contributed by atoms with E-state index >= 15 is 0 Å². The van der Waals surface area contributed by atoms with Crippen LogP contribution in [0.1, 0.15) is 17.5 Å². The smallest absolute Gasteiger partial charge is 0.389 e. The fourth-order valence-corrected chi connectivity index (χ4v) is 1.28. The summed E-state index contributed by atoms with van der Waals surface area (Å²) in [6, 6.07) is 6.87. The molecule has 0 bridgehead atoms. The molecule has 2 N–H and O–H groups in total. The number of halogens is 3. The maximum absolute atomic E-state index is 11.8. The molecule has 0 spiro atoms. The quantitative estimate of drug-likeness (QED) is 0.655. The maximum atomic E-state index is 11.8. The normalized spacial score (nSPS) is 11.5. The first-order valence-corrected chi connectivity index (χ1v) is 5.32. The summed E-state index contributed by atoms with van der Waals surface area (Å²) in [6.07, 6.45) is -5.10. The second kappa shape index (κ2) is 5.97. The summed E-state index contributed by atoms with van der Waals surface area (Å²) in [5.74, 6) is 0. The molecule has 17 heavy (non-hydrogen) atoms. The fourth-order valence-electron chi connectivity index (χ4n) is 1.14. The van der Waals surface area contributed by atoms with Gasteiger partial charge in [0, 0.05) is 5.56 Å². The van der Waals surface area contributed by atoms with Crippen LogP contribution in [0.25, 0.3) is 0 Å². The number of hydrogen-bond donors (Lipinski definition) is 1. The Hall–Kier alpha value is -1.14. The Morgan fingerprint density at radius 2 is 1.82 bits per heavy atom. The van der Waals surface area contributed by atoms with Crippen molar-refractivity contribution in [2.75, 3.05) is 6.61 Å². The van der Waals surface area contributed by atoms with Gasteiger partial charge in [0.25, 0.3) is 0 Å². The van der Waals surface area contributed by atoms with E-state index in [1.807, 2.05) is 0 Å². The minimum Gasteiger partial charge on any atom is -0.389 e. The molecule has 0 radical (unpaired) electrons. The maximum Gasteiger partial charge on any atom is 0.391 e. The first-order valence-electron chi connectivity index (χ1n) is 4.92. The van der Waals surface area contributed by atoms with Crippen LogP contribution in [0.5, 0.6) is 0 Å². The van der Waals surface area contributed by atoms with E-state index in [1.165, 1.54) is 0 Å². The van der Waals surface area contributed by atoms with E-state index < -0.39 is 12.6 Å². The first kappa shape index (κ1) is 13.9. The zero-order chi connectivity index (χ0) is 12.9. The van der Waals surface area contributed by atoms with E-state index in [9.17, 15) is 13.2 Å². The summed E-state index contributed by atoms with van der Waals surface area (Å²) < 4.78 is 40.4. The van der Waals surface area contributed by atoms with E-state index in [0.29, 0.717) is 0 Å². The zero-order valence-electron chi connectivity index (χ0n) is 8.96. The van der Waals surface area contributed by atoms with E-state index in [1.54, 1.807) is 24.3 Å². The second-order valence-corrected chi connectivity index (χ2v) is 3.92. The molecule has 0 aliphatic rings. The number of rotatable bonds is 5. The van der Waals surface area contributed by atoms with E-state index in [-0.39, 0.29) is 18.2 Å². The van der Waals surface area contributed by atoms with Gasteiger partial charge in [-0.2, -0.15) is 13.2 Å². The first-order chi connectivity index (χ1) is 7.88. The summed E-state index contributed by atoms with van der Waals surface area (Å²) in [5.41, 5.74) is 6.91. The number of benzene rings is 1. The zero-order valence-corrected chi connectivity index (χ0v) is 9.77. The van der Waals surface area contributed by atoms with Crippen LogP contribution in [-0.2, 0) is 11.3 Å². The lowest BCUT2D eigenvalue weighted by molar-refractivity contribution is -0.146. The number of thiocarbonyl (C=S) groups is 1. The molecule has 0 saturated heterocycles. The van der Waals surface area contributed by atoms with Gasteiger partial charge in [-0.1, -0.05) is 36.5 Å². The molecule has 0 aliphatic carbocycles. The average Bonchev–Trinajstić information content (AvgIpc) is 2.24. The molecule has 0 amide bonds. The molecule has 1 aromatic rings. The van der Waals surface area contributed by atoms with Crippen LogP contribution >= 0.6 is 12.2 Å². The molecule has 2 nitrogen and oxygen atoms in total. The highest BCUT2D eigenvalue weighted by molar-refractivity contribution is 7.80. The van der Waals surface area contributed by atoms with Crippen molar-refractivity contribution in [2.24, 2.45) is 5.73 Å². The van der Waals surface area contributed by atoms with Gasteiger partial charge < -0.3 is 10.5 Å². The predicted octanol–water partition coefficient (Wildman–Crippen LogP) is 2.79. The van der Waals surface area contributed by atoms with Crippen molar-refractivity contribution < 1.29 is 17.9 Å². The van der Waals surface area contributed by atoms with Crippen LogP contribution in [0.3, 0.4) is 0 Å². The highest BCUT2D eigenvalue weighted by Gasteiger charge is 2.26. The van der Waals surface area contributed by atoms with Crippen LogP contribution in [0.2, 0.25) is 0 Å².